The second-order valence-corrected chi connectivity index (χ2v) is 8.14. The van der Waals surface area contributed by atoms with Gasteiger partial charge in [-0.2, -0.15) is 0 Å². The van der Waals surface area contributed by atoms with E-state index in [1.807, 2.05) is 91.0 Å². The molecule has 0 bridgehead atoms. The number of carbonyl (C=O) groups is 3. The summed E-state index contributed by atoms with van der Waals surface area (Å²) in [6.07, 6.45) is 3.52. The second kappa shape index (κ2) is 12.9. The molecule has 0 aliphatic carbocycles. The van der Waals surface area contributed by atoms with Crippen LogP contribution in [0.1, 0.15) is 16.7 Å². The summed E-state index contributed by atoms with van der Waals surface area (Å²) < 4.78 is 0. The van der Waals surface area contributed by atoms with Crippen LogP contribution >= 0.6 is 0 Å². The van der Waals surface area contributed by atoms with Gasteiger partial charge in [0.25, 0.3) is 0 Å². The molecule has 0 aliphatic rings. The van der Waals surface area contributed by atoms with E-state index in [9.17, 15) is 19.5 Å². The molecule has 0 radical (unpaired) electrons. The number of nitrogens with one attached hydrogen (secondary N) is 2. The minimum absolute atomic E-state index is 0.186. The summed E-state index contributed by atoms with van der Waals surface area (Å²) in [5, 5.41) is 14.9. The van der Waals surface area contributed by atoms with Crippen LogP contribution in [-0.4, -0.2) is 41.0 Å². The highest BCUT2D eigenvalue weighted by atomic mass is 16.4. The van der Waals surface area contributed by atoms with Gasteiger partial charge in [-0.05, 0) is 23.1 Å². The quantitative estimate of drug-likeness (QED) is 0.342. The molecule has 7 nitrogen and oxygen atoms in total. The molecule has 0 heterocycles. The second-order valence-electron chi connectivity index (χ2n) is 8.14. The number of amides is 2. The van der Waals surface area contributed by atoms with Crippen LogP contribution in [0.4, 0.5) is 0 Å². The lowest BCUT2D eigenvalue weighted by atomic mass is 10.0. The van der Waals surface area contributed by atoms with Crippen molar-refractivity contribution in [2.24, 2.45) is 5.73 Å². The van der Waals surface area contributed by atoms with E-state index >= 15 is 0 Å². The Morgan fingerprint density at radius 2 is 1.26 bits per heavy atom. The summed E-state index contributed by atoms with van der Waals surface area (Å²) in [5.74, 6) is -2.31. The third kappa shape index (κ3) is 8.24. The number of hydrogen-bond acceptors (Lipinski definition) is 4. The van der Waals surface area contributed by atoms with Gasteiger partial charge in [-0.3, -0.25) is 9.59 Å². The lowest BCUT2D eigenvalue weighted by molar-refractivity contribution is -0.140. The summed E-state index contributed by atoms with van der Waals surface area (Å²) in [4.78, 5) is 37.8. The topological polar surface area (TPSA) is 122 Å². The van der Waals surface area contributed by atoms with Crippen molar-refractivity contribution in [3.8, 4) is 0 Å². The van der Waals surface area contributed by atoms with E-state index in [0.717, 1.165) is 16.7 Å². The number of benzene rings is 3. The average Bonchev–Trinajstić information content (AvgIpc) is 2.87. The molecule has 35 heavy (non-hydrogen) atoms. The van der Waals surface area contributed by atoms with Crippen molar-refractivity contribution in [3.05, 3.63) is 114 Å². The van der Waals surface area contributed by atoms with E-state index in [2.05, 4.69) is 10.6 Å². The summed E-state index contributed by atoms with van der Waals surface area (Å²) >= 11 is 0. The van der Waals surface area contributed by atoms with E-state index in [-0.39, 0.29) is 6.42 Å². The molecule has 3 atom stereocenters. The molecular formula is C28H29N3O4. The van der Waals surface area contributed by atoms with E-state index in [1.165, 1.54) is 6.08 Å². The number of carboxylic acids is 1. The monoisotopic (exact) mass is 471 g/mol. The van der Waals surface area contributed by atoms with E-state index in [1.54, 1.807) is 6.08 Å². The molecule has 7 heteroatoms. The van der Waals surface area contributed by atoms with Crippen LogP contribution in [0.5, 0.6) is 0 Å². The predicted molar refractivity (Wildman–Crippen MR) is 135 cm³/mol. The Balaban J connectivity index is 1.73. The number of hydrogen-bond donors (Lipinski definition) is 4. The molecule has 3 aromatic carbocycles. The van der Waals surface area contributed by atoms with Crippen LogP contribution in [0.2, 0.25) is 0 Å². The molecule has 0 saturated heterocycles. The molecule has 0 aromatic heterocycles. The first-order valence-electron chi connectivity index (χ1n) is 11.3. The molecule has 5 N–H and O–H groups in total. The standard InChI is InChI=1S/C28H29N3O4/c29-23(18-21-12-6-2-7-13-21)26(32)31-25(19-22-14-8-3-9-15-22)27(33)30-24(28(34)35)17-16-20-10-4-1-5-11-20/h1-17,23-25H,18-19,29H2,(H,30,33)(H,31,32)(H,34,35)/b17-16+/t23-,24+,25-/m1/s1. The summed E-state index contributed by atoms with van der Waals surface area (Å²) in [5.41, 5.74) is 8.62. The van der Waals surface area contributed by atoms with Crippen molar-refractivity contribution in [2.75, 3.05) is 0 Å². The van der Waals surface area contributed by atoms with Crippen LogP contribution in [0.25, 0.3) is 6.08 Å². The first kappa shape index (κ1) is 25.4. The first-order valence-corrected chi connectivity index (χ1v) is 11.3. The van der Waals surface area contributed by atoms with Gasteiger partial charge in [-0.25, -0.2) is 4.79 Å². The molecular weight excluding hydrogens is 442 g/mol. The summed E-state index contributed by atoms with van der Waals surface area (Å²) in [7, 11) is 0. The van der Waals surface area contributed by atoms with Gasteiger partial charge in [0.05, 0.1) is 6.04 Å². The fourth-order valence-electron chi connectivity index (χ4n) is 3.52. The zero-order chi connectivity index (χ0) is 25.0. The Hall–Kier alpha value is -4.23. The maximum absolute atomic E-state index is 13.1. The van der Waals surface area contributed by atoms with Gasteiger partial charge in [0.1, 0.15) is 12.1 Å². The molecule has 180 valence electrons. The van der Waals surface area contributed by atoms with Crippen molar-refractivity contribution >= 4 is 23.9 Å². The number of nitrogens with two attached hydrogens (primary N) is 1. The Labute approximate surface area is 204 Å². The summed E-state index contributed by atoms with van der Waals surface area (Å²) in [6.45, 7) is 0. The van der Waals surface area contributed by atoms with E-state index < -0.39 is 35.9 Å². The molecule has 0 unspecified atom stereocenters. The largest absolute Gasteiger partial charge is 0.479 e. The van der Waals surface area contributed by atoms with Crippen LogP contribution in [0.15, 0.2) is 97.1 Å². The zero-order valence-electron chi connectivity index (χ0n) is 19.2. The molecule has 0 fully saturated rings. The van der Waals surface area contributed by atoms with Gasteiger partial charge >= 0.3 is 5.97 Å². The molecule has 0 aliphatic heterocycles. The summed E-state index contributed by atoms with van der Waals surface area (Å²) in [6, 6.07) is 24.6. The number of rotatable bonds is 11. The first-order chi connectivity index (χ1) is 16.9. The molecule has 0 saturated carbocycles. The van der Waals surface area contributed by atoms with Crippen LogP contribution in [0, 0.1) is 0 Å². The molecule has 2 amide bonds. The minimum Gasteiger partial charge on any atom is -0.479 e. The van der Waals surface area contributed by atoms with Crippen molar-refractivity contribution < 1.29 is 19.5 Å². The Bertz CT molecular complexity index is 1130. The van der Waals surface area contributed by atoms with Crippen molar-refractivity contribution in [2.45, 2.75) is 31.0 Å². The van der Waals surface area contributed by atoms with Crippen LogP contribution in [-0.2, 0) is 27.2 Å². The fourth-order valence-corrected chi connectivity index (χ4v) is 3.52. The normalized spacial score (nSPS) is 13.5. The highest BCUT2D eigenvalue weighted by molar-refractivity contribution is 5.92. The molecule has 3 aromatic rings. The molecule has 3 rings (SSSR count). The SMILES string of the molecule is N[C@H](Cc1ccccc1)C(=O)N[C@H](Cc1ccccc1)C(=O)N[C@@H](/C=C/c1ccccc1)C(=O)O. The van der Waals surface area contributed by atoms with E-state index in [0.29, 0.717) is 6.42 Å². The van der Waals surface area contributed by atoms with Gasteiger partial charge in [0.15, 0.2) is 0 Å². The lowest BCUT2D eigenvalue weighted by Gasteiger charge is -2.22. The van der Waals surface area contributed by atoms with Gasteiger partial charge in [0.2, 0.25) is 11.8 Å². The third-order valence-corrected chi connectivity index (χ3v) is 5.40. The highest BCUT2D eigenvalue weighted by Gasteiger charge is 2.27. The number of aliphatic carboxylic acids is 1. The predicted octanol–water partition coefficient (Wildman–Crippen LogP) is 2.57. The van der Waals surface area contributed by atoms with Crippen molar-refractivity contribution in [1.82, 2.24) is 10.6 Å². The fraction of sp³-hybridized carbons (Fsp3) is 0.179. The Morgan fingerprint density at radius 1 is 0.743 bits per heavy atom. The van der Waals surface area contributed by atoms with Gasteiger partial charge in [0, 0.05) is 6.42 Å². The van der Waals surface area contributed by atoms with Gasteiger partial charge in [-0.15, -0.1) is 0 Å². The van der Waals surface area contributed by atoms with Crippen LogP contribution < -0.4 is 16.4 Å². The number of carboxylic acid groups (broad SMARTS) is 1. The van der Waals surface area contributed by atoms with Gasteiger partial charge in [-0.1, -0.05) is 103 Å². The minimum atomic E-state index is -1.27. The highest BCUT2D eigenvalue weighted by Crippen LogP contribution is 2.07. The Morgan fingerprint density at radius 3 is 1.80 bits per heavy atom. The Kier molecular flexibility index (Phi) is 9.33. The maximum atomic E-state index is 13.1. The lowest BCUT2D eigenvalue weighted by Crippen LogP contribution is -2.55. The van der Waals surface area contributed by atoms with E-state index in [4.69, 9.17) is 5.73 Å². The molecule has 0 spiro atoms. The zero-order valence-corrected chi connectivity index (χ0v) is 19.2. The average molecular weight is 472 g/mol. The van der Waals surface area contributed by atoms with Crippen LogP contribution in [0.3, 0.4) is 0 Å². The number of carbonyl (C=O) groups excluding carboxylic acids is 2. The maximum Gasteiger partial charge on any atom is 0.330 e. The smallest absolute Gasteiger partial charge is 0.330 e. The van der Waals surface area contributed by atoms with Crippen molar-refractivity contribution in [3.63, 3.8) is 0 Å². The van der Waals surface area contributed by atoms with Gasteiger partial charge < -0.3 is 21.5 Å². The van der Waals surface area contributed by atoms with Crippen molar-refractivity contribution in [1.29, 1.82) is 0 Å². The third-order valence-electron chi connectivity index (χ3n) is 5.40.